The Bertz CT molecular complexity index is 748. The monoisotopic (exact) mass is 406 g/mol. The fourth-order valence-electron chi connectivity index (χ4n) is 4.50. The van der Waals surface area contributed by atoms with Crippen LogP contribution < -0.4 is 0 Å². The average molecular weight is 407 g/mol. The highest BCUT2D eigenvalue weighted by molar-refractivity contribution is 5.86. The van der Waals surface area contributed by atoms with Gasteiger partial charge in [0, 0.05) is 11.3 Å². The molecule has 1 fully saturated rings. The Balaban J connectivity index is 2.04. The molecule has 1 aromatic carbocycles. The number of benzene rings is 1. The van der Waals surface area contributed by atoms with E-state index >= 15 is 0 Å². The molecule has 1 nitrogen and oxygen atoms in total. The minimum absolute atomic E-state index is 0.000492. The summed E-state index contributed by atoms with van der Waals surface area (Å²) < 4.78 is 39.0. The third-order valence-corrected chi connectivity index (χ3v) is 5.94. The molecule has 0 saturated heterocycles. The van der Waals surface area contributed by atoms with Gasteiger partial charge in [-0.1, -0.05) is 57.2 Å². The van der Waals surface area contributed by atoms with Crippen molar-refractivity contribution in [2.45, 2.75) is 72.4 Å². The number of ketones is 1. The number of alkyl halides is 3. The minimum Gasteiger partial charge on any atom is -0.299 e. The summed E-state index contributed by atoms with van der Waals surface area (Å²) in [5.74, 6) is 0.683. The molecule has 4 heteroatoms. The molecule has 29 heavy (non-hydrogen) atoms. The zero-order valence-electron chi connectivity index (χ0n) is 18.0. The molecule has 0 aliphatic heterocycles. The van der Waals surface area contributed by atoms with Crippen molar-refractivity contribution in [3.05, 3.63) is 59.2 Å². The van der Waals surface area contributed by atoms with Gasteiger partial charge in [0.15, 0.2) is 0 Å². The van der Waals surface area contributed by atoms with Gasteiger partial charge in [-0.3, -0.25) is 4.79 Å². The zero-order chi connectivity index (χ0) is 21.7. The molecule has 160 valence electrons. The summed E-state index contributed by atoms with van der Waals surface area (Å²) in [7, 11) is 0. The molecular weight excluding hydrogens is 373 g/mol. The molecule has 1 aliphatic carbocycles. The van der Waals surface area contributed by atoms with Crippen molar-refractivity contribution < 1.29 is 18.0 Å². The van der Waals surface area contributed by atoms with Gasteiger partial charge >= 0.3 is 6.18 Å². The van der Waals surface area contributed by atoms with Gasteiger partial charge in [-0.2, -0.15) is 13.2 Å². The Hall–Kier alpha value is -1.84. The maximum absolute atomic E-state index is 13.2. The number of allylic oxidation sites excluding steroid dienone is 4. The van der Waals surface area contributed by atoms with E-state index in [1.807, 2.05) is 20.8 Å². The SMILES string of the molecule is C/C=C\C(=C/CC)[C@H]1CC[C@H](C(=O)C(C)(C)Cc2cccc(C(F)(F)F)c2)CC1. The van der Waals surface area contributed by atoms with Gasteiger partial charge in [0.25, 0.3) is 0 Å². The van der Waals surface area contributed by atoms with E-state index in [1.54, 1.807) is 6.07 Å². The van der Waals surface area contributed by atoms with Gasteiger partial charge in [0.05, 0.1) is 5.56 Å². The van der Waals surface area contributed by atoms with Gasteiger partial charge in [0.1, 0.15) is 5.78 Å². The van der Waals surface area contributed by atoms with E-state index in [4.69, 9.17) is 0 Å². The average Bonchev–Trinajstić information content (AvgIpc) is 2.66. The first kappa shape index (κ1) is 23.4. The van der Waals surface area contributed by atoms with Gasteiger partial charge in [-0.25, -0.2) is 0 Å². The summed E-state index contributed by atoms with van der Waals surface area (Å²) in [6, 6.07) is 5.35. The molecule has 0 radical (unpaired) electrons. The number of rotatable bonds is 7. The number of carbonyl (C=O) groups is 1. The highest BCUT2D eigenvalue weighted by atomic mass is 19.4. The van der Waals surface area contributed by atoms with Crippen LogP contribution in [-0.4, -0.2) is 5.78 Å². The molecule has 1 saturated carbocycles. The first-order valence-corrected chi connectivity index (χ1v) is 10.6. The van der Waals surface area contributed by atoms with Gasteiger partial charge < -0.3 is 0 Å². The number of Topliss-reactive ketones (excluding diaryl/α,β-unsaturated/α-hetero) is 1. The molecule has 1 aromatic rings. The van der Waals surface area contributed by atoms with Crippen LogP contribution in [0.25, 0.3) is 0 Å². The molecule has 0 atom stereocenters. The quantitative estimate of drug-likeness (QED) is 0.427. The van der Waals surface area contributed by atoms with Crippen molar-refractivity contribution >= 4 is 5.78 Å². The normalized spacial score (nSPS) is 21.6. The largest absolute Gasteiger partial charge is 0.416 e. The van der Waals surface area contributed by atoms with Crippen molar-refractivity contribution in [2.24, 2.45) is 17.3 Å². The second-order valence-corrected chi connectivity index (χ2v) is 8.78. The Morgan fingerprint density at radius 2 is 1.72 bits per heavy atom. The van der Waals surface area contributed by atoms with Crippen molar-refractivity contribution in [3.63, 3.8) is 0 Å². The first-order chi connectivity index (χ1) is 13.6. The predicted molar refractivity (Wildman–Crippen MR) is 113 cm³/mol. The highest BCUT2D eigenvalue weighted by Crippen LogP contribution is 2.39. The third kappa shape index (κ3) is 6.32. The Morgan fingerprint density at radius 1 is 1.10 bits per heavy atom. The van der Waals surface area contributed by atoms with E-state index in [1.165, 1.54) is 17.7 Å². The van der Waals surface area contributed by atoms with Crippen LogP contribution in [0, 0.1) is 17.3 Å². The Kier molecular flexibility index (Phi) is 7.90. The maximum Gasteiger partial charge on any atom is 0.416 e. The van der Waals surface area contributed by atoms with Gasteiger partial charge in [0.2, 0.25) is 0 Å². The Labute approximate surface area is 173 Å². The molecule has 2 rings (SSSR count). The number of hydrogen-bond acceptors (Lipinski definition) is 1. The van der Waals surface area contributed by atoms with Gasteiger partial charge in [-0.05, 0) is 68.6 Å². The fourth-order valence-corrected chi connectivity index (χ4v) is 4.50. The molecule has 1 aliphatic rings. The molecule has 0 amide bonds. The molecule has 0 heterocycles. The molecule has 0 spiro atoms. The summed E-state index contributed by atoms with van der Waals surface area (Å²) in [5, 5.41) is 0. The van der Waals surface area contributed by atoms with Crippen LogP contribution in [0.5, 0.6) is 0 Å². The summed E-state index contributed by atoms with van der Waals surface area (Å²) in [6.07, 6.45) is 7.17. The lowest BCUT2D eigenvalue weighted by molar-refractivity contribution is -0.137. The molecular formula is C25H33F3O. The first-order valence-electron chi connectivity index (χ1n) is 10.6. The van der Waals surface area contributed by atoms with E-state index in [9.17, 15) is 18.0 Å². The highest BCUT2D eigenvalue weighted by Gasteiger charge is 2.37. The summed E-state index contributed by atoms with van der Waals surface area (Å²) in [5.41, 5.74) is 0.600. The Morgan fingerprint density at radius 3 is 2.28 bits per heavy atom. The van der Waals surface area contributed by atoms with Crippen molar-refractivity contribution in [2.75, 3.05) is 0 Å². The van der Waals surface area contributed by atoms with Gasteiger partial charge in [-0.15, -0.1) is 0 Å². The number of carbonyl (C=O) groups excluding carboxylic acids is 1. The van der Waals surface area contributed by atoms with Crippen molar-refractivity contribution in [3.8, 4) is 0 Å². The number of hydrogen-bond donors (Lipinski definition) is 0. The van der Waals surface area contributed by atoms with E-state index < -0.39 is 17.2 Å². The topological polar surface area (TPSA) is 17.1 Å². The van der Waals surface area contributed by atoms with Crippen molar-refractivity contribution in [1.29, 1.82) is 0 Å². The lowest BCUT2D eigenvalue weighted by atomic mass is 9.69. The third-order valence-electron chi connectivity index (χ3n) is 5.94. The van der Waals surface area contributed by atoms with Crippen LogP contribution in [0.3, 0.4) is 0 Å². The van der Waals surface area contributed by atoms with Crippen LogP contribution in [-0.2, 0) is 17.4 Å². The fraction of sp³-hybridized carbons (Fsp3) is 0.560. The van der Waals surface area contributed by atoms with Crippen LogP contribution in [0.2, 0.25) is 0 Å². The second-order valence-electron chi connectivity index (χ2n) is 8.78. The zero-order valence-corrected chi connectivity index (χ0v) is 18.0. The molecule has 0 bridgehead atoms. The smallest absolute Gasteiger partial charge is 0.299 e. The van der Waals surface area contributed by atoms with Crippen molar-refractivity contribution in [1.82, 2.24) is 0 Å². The maximum atomic E-state index is 13.2. The summed E-state index contributed by atoms with van der Waals surface area (Å²) >= 11 is 0. The lowest BCUT2D eigenvalue weighted by Crippen LogP contribution is -2.35. The number of halogens is 3. The van der Waals surface area contributed by atoms with Crippen LogP contribution in [0.1, 0.15) is 70.9 Å². The van der Waals surface area contributed by atoms with Crippen LogP contribution in [0.15, 0.2) is 48.1 Å². The van der Waals surface area contributed by atoms with E-state index in [-0.39, 0.29) is 11.7 Å². The van der Waals surface area contributed by atoms with E-state index in [2.05, 4.69) is 25.2 Å². The van der Waals surface area contributed by atoms with Crippen LogP contribution >= 0.6 is 0 Å². The standard InChI is InChI=1S/C25H33F3O/c1-5-8-19(9-6-2)20-12-14-21(15-13-20)23(29)24(3,4)17-18-10-7-11-22(16-18)25(26,27)28/h5,7-11,16,20-21H,6,12-15,17H2,1-4H3/b8-5-,19-9+/t20-,21-. The predicted octanol–water partition coefficient (Wildman–Crippen LogP) is 7.56. The summed E-state index contributed by atoms with van der Waals surface area (Å²) in [6.45, 7) is 7.89. The van der Waals surface area contributed by atoms with E-state index in [0.29, 0.717) is 17.9 Å². The second kappa shape index (κ2) is 9.77. The molecule has 0 aromatic heterocycles. The van der Waals surface area contributed by atoms with E-state index in [0.717, 1.165) is 38.2 Å². The summed E-state index contributed by atoms with van der Waals surface area (Å²) in [4.78, 5) is 13.2. The molecule has 0 N–H and O–H groups in total. The minimum atomic E-state index is -4.36. The van der Waals surface area contributed by atoms with Crippen LogP contribution in [0.4, 0.5) is 13.2 Å². The molecule has 0 unspecified atom stereocenters. The lowest BCUT2D eigenvalue weighted by Gasteiger charge is -2.34.